The fraction of sp³-hybridized carbons (Fsp3) is 0.417. The first kappa shape index (κ1) is 19.5. The van der Waals surface area contributed by atoms with Crippen molar-refractivity contribution >= 4 is 27.2 Å². The molecule has 5 rings (SSSR count). The highest BCUT2D eigenvalue weighted by Gasteiger charge is 2.29. The maximum absolute atomic E-state index is 13.0. The molecule has 1 aliphatic rings. The van der Waals surface area contributed by atoms with E-state index in [9.17, 15) is 4.79 Å². The summed E-state index contributed by atoms with van der Waals surface area (Å²) in [6.07, 6.45) is 4.12. The van der Waals surface area contributed by atoms with E-state index in [0.29, 0.717) is 11.8 Å². The molecule has 5 nitrogen and oxygen atoms in total. The Hall–Kier alpha value is -2.44. The monoisotopic (exact) mass is 420 g/mol. The Balaban J connectivity index is 1.30. The summed E-state index contributed by atoms with van der Waals surface area (Å²) in [6.45, 7) is 9.36. The largest absolute Gasteiger partial charge is 0.361 e. The molecule has 2 unspecified atom stereocenters. The van der Waals surface area contributed by atoms with E-state index >= 15 is 0 Å². The second-order valence-electron chi connectivity index (χ2n) is 8.69. The number of H-pyrrole nitrogens is 1. The molecule has 0 saturated carbocycles. The number of nitrogens with one attached hydrogen (secondary N) is 1. The maximum atomic E-state index is 13.0. The standard InChI is InChI=1S/C24H28N4OS/c1-15-13-27(10-8-18(15)21-12-25-22-7-5-4-6-20(21)22)11-9-19-17(3)26-24-28(23(19)29)16(2)14-30-24/h4-7,12,14-15,18,25H,8-11,13H2,1-3H3. The summed E-state index contributed by atoms with van der Waals surface area (Å²) in [7, 11) is 0. The SMILES string of the molecule is Cc1nc2scc(C)n2c(=O)c1CCN1CCC(c2c[nH]c3ccccc23)C(C)C1. The third kappa shape index (κ3) is 3.28. The number of thiazole rings is 1. The van der Waals surface area contributed by atoms with Gasteiger partial charge in [0.15, 0.2) is 4.96 Å². The van der Waals surface area contributed by atoms with Gasteiger partial charge in [-0.3, -0.25) is 9.20 Å². The molecule has 4 heterocycles. The minimum absolute atomic E-state index is 0.109. The van der Waals surface area contributed by atoms with Crippen molar-refractivity contribution in [2.75, 3.05) is 19.6 Å². The fourth-order valence-corrected chi connectivity index (χ4v) is 5.98. The number of hydrogen-bond donors (Lipinski definition) is 1. The molecule has 0 spiro atoms. The molecule has 6 heteroatoms. The van der Waals surface area contributed by atoms with E-state index in [1.807, 2.05) is 19.2 Å². The third-order valence-corrected chi connectivity index (χ3v) is 7.67. The molecule has 1 saturated heterocycles. The highest BCUT2D eigenvalue weighted by atomic mass is 32.1. The minimum Gasteiger partial charge on any atom is -0.361 e. The van der Waals surface area contributed by atoms with E-state index in [-0.39, 0.29) is 5.56 Å². The average Bonchev–Trinajstić information content (AvgIpc) is 3.32. The molecule has 0 bridgehead atoms. The maximum Gasteiger partial charge on any atom is 0.262 e. The number of para-hydroxylation sites is 1. The van der Waals surface area contributed by atoms with Crippen molar-refractivity contribution in [2.24, 2.45) is 5.92 Å². The molecule has 2 atom stereocenters. The van der Waals surface area contributed by atoms with Gasteiger partial charge in [-0.05, 0) is 56.7 Å². The lowest BCUT2D eigenvalue weighted by atomic mass is 9.81. The number of aromatic nitrogens is 3. The molecule has 0 amide bonds. The zero-order valence-corrected chi connectivity index (χ0v) is 18.6. The number of fused-ring (bicyclic) bond motifs is 2. The van der Waals surface area contributed by atoms with Crippen LogP contribution in [-0.4, -0.2) is 38.9 Å². The van der Waals surface area contributed by atoms with Crippen molar-refractivity contribution in [3.8, 4) is 0 Å². The van der Waals surface area contributed by atoms with Crippen molar-refractivity contribution in [3.05, 3.63) is 68.7 Å². The van der Waals surface area contributed by atoms with Crippen LogP contribution in [0.4, 0.5) is 0 Å². The van der Waals surface area contributed by atoms with E-state index in [1.165, 1.54) is 27.8 Å². The number of hydrogen-bond acceptors (Lipinski definition) is 4. The molecule has 0 aliphatic carbocycles. The Morgan fingerprint density at radius 1 is 1.27 bits per heavy atom. The van der Waals surface area contributed by atoms with Crippen molar-refractivity contribution in [1.82, 2.24) is 19.3 Å². The number of rotatable bonds is 4. The molecular weight excluding hydrogens is 392 g/mol. The van der Waals surface area contributed by atoms with Crippen molar-refractivity contribution in [2.45, 2.75) is 39.5 Å². The molecule has 4 aromatic rings. The molecule has 1 aliphatic heterocycles. The van der Waals surface area contributed by atoms with Crippen LogP contribution < -0.4 is 5.56 Å². The lowest BCUT2D eigenvalue weighted by Gasteiger charge is -2.37. The van der Waals surface area contributed by atoms with Gasteiger partial charge in [0.1, 0.15) is 0 Å². The van der Waals surface area contributed by atoms with Crippen LogP contribution in [0.15, 0.2) is 40.6 Å². The van der Waals surface area contributed by atoms with Gasteiger partial charge in [0, 0.05) is 52.5 Å². The number of aromatic amines is 1. The van der Waals surface area contributed by atoms with Crippen LogP contribution in [0.5, 0.6) is 0 Å². The highest BCUT2D eigenvalue weighted by molar-refractivity contribution is 7.15. The van der Waals surface area contributed by atoms with Crippen LogP contribution in [0.1, 0.15) is 41.8 Å². The molecule has 3 aromatic heterocycles. The number of piperidine rings is 1. The summed E-state index contributed by atoms with van der Waals surface area (Å²) in [4.78, 5) is 24.4. The van der Waals surface area contributed by atoms with Crippen LogP contribution in [0.3, 0.4) is 0 Å². The van der Waals surface area contributed by atoms with Crippen molar-refractivity contribution in [3.63, 3.8) is 0 Å². The molecule has 1 fully saturated rings. The summed E-state index contributed by atoms with van der Waals surface area (Å²) in [6, 6.07) is 8.59. The Kier molecular flexibility index (Phi) is 4.99. The molecule has 1 N–H and O–H groups in total. The van der Waals surface area contributed by atoms with E-state index in [2.05, 4.69) is 52.3 Å². The van der Waals surface area contributed by atoms with Crippen LogP contribution in [-0.2, 0) is 6.42 Å². The first-order valence-corrected chi connectivity index (χ1v) is 11.7. The Morgan fingerprint density at radius 2 is 2.10 bits per heavy atom. The molecule has 1 aromatic carbocycles. The van der Waals surface area contributed by atoms with Crippen molar-refractivity contribution < 1.29 is 0 Å². The number of likely N-dealkylation sites (tertiary alicyclic amines) is 1. The summed E-state index contributed by atoms with van der Waals surface area (Å²) in [5.74, 6) is 1.16. The van der Waals surface area contributed by atoms with Gasteiger partial charge in [-0.15, -0.1) is 11.3 Å². The Morgan fingerprint density at radius 3 is 2.93 bits per heavy atom. The van der Waals surface area contributed by atoms with Crippen LogP contribution in [0, 0.1) is 19.8 Å². The second kappa shape index (κ2) is 7.67. The quantitative estimate of drug-likeness (QED) is 0.528. The Labute approximate surface area is 180 Å². The van der Waals surface area contributed by atoms with Crippen molar-refractivity contribution in [1.29, 1.82) is 0 Å². The predicted octanol–water partition coefficient (Wildman–Crippen LogP) is 4.52. The second-order valence-corrected chi connectivity index (χ2v) is 9.53. The van der Waals surface area contributed by atoms with Crippen LogP contribution >= 0.6 is 11.3 Å². The topological polar surface area (TPSA) is 53.4 Å². The average molecular weight is 421 g/mol. The van der Waals surface area contributed by atoms with Gasteiger partial charge >= 0.3 is 0 Å². The fourth-order valence-electron chi connectivity index (χ4n) is 5.07. The lowest BCUT2D eigenvalue weighted by Crippen LogP contribution is -2.40. The van der Waals surface area contributed by atoms with Gasteiger partial charge in [0.25, 0.3) is 5.56 Å². The van der Waals surface area contributed by atoms with E-state index in [4.69, 9.17) is 0 Å². The minimum atomic E-state index is 0.109. The first-order chi connectivity index (χ1) is 14.5. The predicted molar refractivity (Wildman–Crippen MR) is 124 cm³/mol. The highest BCUT2D eigenvalue weighted by Crippen LogP contribution is 2.36. The number of aryl methyl sites for hydroxylation is 2. The normalized spacial score (nSPS) is 20.4. The lowest BCUT2D eigenvalue weighted by molar-refractivity contribution is 0.165. The summed E-state index contributed by atoms with van der Waals surface area (Å²) < 4.78 is 1.76. The summed E-state index contributed by atoms with van der Waals surface area (Å²) in [5, 5.41) is 3.36. The number of benzene rings is 1. The van der Waals surface area contributed by atoms with Gasteiger partial charge in [0.2, 0.25) is 0 Å². The third-order valence-electron chi connectivity index (χ3n) is 6.73. The van der Waals surface area contributed by atoms with Crippen LogP contribution in [0.25, 0.3) is 15.9 Å². The van der Waals surface area contributed by atoms with E-state index in [0.717, 1.165) is 54.4 Å². The zero-order valence-electron chi connectivity index (χ0n) is 17.8. The molecule has 30 heavy (non-hydrogen) atoms. The smallest absolute Gasteiger partial charge is 0.262 e. The summed E-state index contributed by atoms with van der Waals surface area (Å²) >= 11 is 1.54. The Bertz CT molecular complexity index is 1270. The summed E-state index contributed by atoms with van der Waals surface area (Å²) in [5.41, 5.74) is 5.50. The number of nitrogens with zero attached hydrogens (tertiary/aromatic N) is 3. The molecular formula is C24H28N4OS. The van der Waals surface area contributed by atoms with E-state index < -0.39 is 0 Å². The van der Waals surface area contributed by atoms with Gasteiger partial charge < -0.3 is 9.88 Å². The van der Waals surface area contributed by atoms with Gasteiger partial charge in [-0.25, -0.2) is 4.98 Å². The molecule has 156 valence electrons. The van der Waals surface area contributed by atoms with Gasteiger partial charge in [-0.2, -0.15) is 0 Å². The van der Waals surface area contributed by atoms with Gasteiger partial charge in [-0.1, -0.05) is 25.1 Å². The molecule has 0 radical (unpaired) electrons. The van der Waals surface area contributed by atoms with E-state index in [1.54, 1.807) is 4.40 Å². The zero-order chi connectivity index (χ0) is 20.8. The van der Waals surface area contributed by atoms with Crippen LogP contribution in [0.2, 0.25) is 0 Å². The van der Waals surface area contributed by atoms with Gasteiger partial charge in [0.05, 0.1) is 0 Å². The first-order valence-electron chi connectivity index (χ1n) is 10.8.